The zero-order chi connectivity index (χ0) is 21.9. The highest BCUT2D eigenvalue weighted by Gasteiger charge is 2.35. The van der Waals surface area contributed by atoms with Crippen LogP contribution in [-0.2, 0) is 13.2 Å². The second-order valence-electron chi connectivity index (χ2n) is 6.55. The van der Waals surface area contributed by atoms with E-state index >= 15 is 0 Å². The average molecular weight is 467 g/mol. The molecule has 9 nitrogen and oxygen atoms in total. The molecule has 4 aromatic heterocycles. The van der Waals surface area contributed by atoms with Crippen LogP contribution in [0.2, 0.25) is 5.02 Å². The van der Waals surface area contributed by atoms with Crippen LogP contribution >= 0.6 is 22.9 Å². The van der Waals surface area contributed by atoms with Gasteiger partial charge in [0.1, 0.15) is 0 Å². The molecule has 0 aliphatic carbocycles. The third-order valence-corrected chi connectivity index (χ3v) is 5.80. The first-order valence-electron chi connectivity index (χ1n) is 8.61. The molecule has 0 atom stereocenters. The van der Waals surface area contributed by atoms with E-state index in [2.05, 4.69) is 30.7 Å². The normalized spacial score (nSPS) is 12.2. The minimum Gasteiger partial charge on any atom is -0.329 e. The highest BCUT2D eigenvalue weighted by atomic mass is 35.5. The summed E-state index contributed by atoms with van der Waals surface area (Å²) in [6.45, 7) is 0. The summed E-state index contributed by atoms with van der Waals surface area (Å²) >= 11 is 7.47. The van der Waals surface area contributed by atoms with Crippen molar-refractivity contribution in [3.8, 4) is 10.6 Å². The summed E-state index contributed by atoms with van der Waals surface area (Å²) < 4.78 is 41.4. The number of fused-ring (bicyclic) bond motifs is 2. The van der Waals surface area contributed by atoms with Crippen molar-refractivity contribution in [2.75, 3.05) is 5.32 Å². The Labute approximate surface area is 179 Å². The molecule has 0 saturated heterocycles. The lowest BCUT2D eigenvalue weighted by atomic mass is 10.2. The number of aromatic amines is 1. The summed E-state index contributed by atoms with van der Waals surface area (Å²) in [6.07, 6.45) is -1.06. The fourth-order valence-corrected chi connectivity index (χ4v) is 4.08. The molecule has 0 bridgehead atoms. The van der Waals surface area contributed by atoms with Gasteiger partial charge in [-0.1, -0.05) is 22.9 Å². The number of aromatic nitrogens is 7. The Morgan fingerprint density at radius 2 is 2.03 bits per heavy atom. The molecule has 158 valence electrons. The van der Waals surface area contributed by atoms with E-state index in [1.165, 1.54) is 13.2 Å². The minimum atomic E-state index is -4.69. The summed E-state index contributed by atoms with van der Waals surface area (Å²) in [5.74, 6) is 0. The molecule has 5 aromatic rings. The van der Waals surface area contributed by atoms with Crippen molar-refractivity contribution >= 4 is 50.3 Å². The van der Waals surface area contributed by atoms with E-state index in [0.717, 1.165) is 25.8 Å². The predicted octanol–water partition coefficient (Wildman–Crippen LogP) is 3.84. The van der Waals surface area contributed by atoms with Crippen molar-refractivity contribution in [1.29, 1.82) is 0 Å². The summed E-state index contributed by atoms with van der Waals surface area (Å²) in [6, 6.07) is 3.52. The lowest BCUT2D eigenvalue weighted by Crippen LogP contribution is -2.23. The topological polar surface area (TPSA) is 106 Å². The Balaban J connectivity index is 1.57. The first-order valence-corrected chi connectivity index (χ1v) is 9.80. The van der Waals surface area contributed by atoms with Crippen molar-refractivity contribution in [2.45, 2.75) is 6.18 Å². The number of H-pyrrole nitrogens is 1. The number of aryl methyl sites for hydroxylation is 1. The number of anilines is 2. The molecule has 14 heteroatoms. The van der Waals surface area contributed by atoms with Gasteiger partial charge in [0, 0.05) is 24.8 Å². The van der Waals surface area contributed by atoms with Gasteiger partial charge in [-0.05, 0) is 12.1 Å². The van der Waals surface area contributed by atoms with Crippen LogP contribution in [0.5, 0.6) is 0 Å². The van der Waals surface area contributed by atoms with Crippen molar-refractivity contribution in [3.05, 3.63) is 51.9 Å². The van der Waals surface area contributed by atoms with Crippen molar-refractivity contribution < 1.29 is 13.2 Å². The van der Waals surface area contributed by atoms with Crippen molar-refractivity contribution in [1.82, 2.24) is 34.3 Å². The zero-order valence-corrected chi connectivity index (χ0v) is 17.0. The van der Waals surface area contributed by atoms with Gasteiger partial charge in [0.05, 0.1) is 28.0 Å². The van der Waals surface area contributed by atoms with Crippen LogP contribution in [0.3, 0.4) is 0 Å². The van der Waals surface area contributed by atoms with E-state index in [1.807, 2.05) is 0 Å². The third kappa shape index (κ3) is 3.21. The summed E-state index contributed by atoms with van der Waals surface area (Å²) in [7, 11) is 1.43. The smallest absolute Gasteiger partial charge is 0.329 e. The van der Waals surface area contributed by atoms with Crippen LogP contribution in [0.1, 0.15) is 5.69 Å². The van der Waals surface area contributed by atoms with Crippen molar-refractivity contribution in [3.63, 3.8) is 0 Å². The zero-order valence-electron chi connectivity index (χ0n) is 15.4. The minimum absolute atomic E-state index is 0.157. The van der Waals surface area contributed by atoms with E-state index in [4.69, 9.17) is 11.6 Å². The monoisotopic (exact) mass is 466 g/mol. The number of halogens is 4. The number of rotatable bonds is 3. The van der Waals surface area contributed by atoms with E-state index < -0.39 is 17.6 Å². The second kappa shape index (κ2) is 6.78. The lowest BCUT2D eigenvalue weighted by molar-refractivity contribution is -0.140. The number of nitrogens with one attached hydrogen (secondary N) is 2. The van der Waals surface area contributed by atoms with Gasteiger partial charge in [-0.2, -0.15) is 18.3 Å². The van der Waals surface area contributed by atoms with Gasteiger partial charge < -0.3 is 9.88 Å². The number of alkyl halides is 3. The SMILES string of the molecule is Cn1cc(-c2nnc(Nc3ccc4[nH]ncc4c3Cl)s2)c2nc(C(F)(F)F)cn2c1=O. The number of imidazole rings is 1. The maximum atomic E-state index is 13.1. The Morgan fingerprint density at radius 3 is 2.81 bits per heavy atom. The van der Waals surface area contributed by atoms with Crippen LogP contribution in [0, 0.1) is 0 Å². The quantitative estimate of drug-likeness (QED) is 0.418. The van der Waals surface area contributed by atoms with Gasteiger partial charge in [0.15, 0.2) is 16.3 Å². The number of nitrogens with zero attached hydrogens (tertiary/aromatic N) is 6. The molecule has 0 saturated carbocycles. The molecule has 4 heterocycles. The lowest BCUT2D eigenvalue weighted by Gasteiger charge is -2.05. The van der Waals surface area contributed by atoms with Crippen LogP contribution in [0.4, 0.5) is 24.0 Å². The van der Waals surface area contributed by atoms with Crippen LogP contribution < -0.4 is 11.0 Å². The maximum Gasteiger partial charge on any atom is 0.434 e. The van der Waals surface area contributed by atoms with Gasteiger partial charge in [0.2, 0.25) is 5.13 Å². The van der Waals surface area contributed by atoms with E-state index in [-0.39, 0.29) is 16.2 Å². The average Bonchev–Trinajstić information content (AvgIpc) is 3.45. The number of hydrogen-bond donors (Lipinski definition) is 2. The fraction of sp³-hybridized carbons (Fsp3) is 0.118. The molecule has 0 unspecified atom stereocenters. The third-order valence-electron chi connectivity index (χ3n) is 4.52. The molecule has 0 radical (unpaired) electrons. The largest absolute Gasteiger partial charge is 0.434 e. The summed E-state index contributed by atoms with van der Waals surface area (Å²) in [5.41, 5.74) is -0.426. The van der Waals surface area contributed by atoms with Gasteiger partial charge in [-0.15, -0.1) is 10.2 Å². The highest BCUT2D eigenvalue weighted by molar-refractivity contribution is 7.18. The molecule has 1 aromatic carbocycles. The Hall–Kier alpha value is -3.45. The molecule has 0 fully saturated rings. The summed E-state index contributed by atoms with van der Waals surface area (Å²) in [5, 5.41) is 19.7. The van der Waals surface area contributed by atoms with Crippen LogP contribution in [0.15, 0.2) is 35.5 Å². The Morgan fingerprint density at radius 1 is 1.23 bits per heavy atom. The molecule has 0 spiro atoms. The first-order chi connectivity index (χ1) is 14.7. The molecule has 0 aliphatic heterocycles. The maximum absolute atomic E-state index is 13.1. The molecule has 31 heavy (non-hydrogen) atoms. The van der Waals surface area contributed by atoms with Gasteiger partial charge in [-0.3, -0.25) is 9.50 Å². The molecular weight excluding hydrogens is 457 g/mol. The van der Waals surface area contributed by atoms with Crippen molar-refractivity contribution in [2.24, 2.45) is 7.05 Å². The van der Waals surface area contributed by atoms with Crippen LogP contribution in [-0.4, -0.2) is 34.3 Å². The second-order valence-corrected chi connectivity index (χ2v) is 7.90. The number of benzene rings is 1. The van der Waals surface area contributed by atoms with Gasteiger partial charge >= 0.3 is 11.9 Å². The Kier molecular flexibility index (Phi) is 4.27. The highest BCUT2D eigenvalue weighted by Crippen LogP contribution is 2.36. The first kappa shape index (κ1) is 19.5. The fourth-order valence-electron chi connectivity index (χ4n) is 3.06. The molecular formula is C17H10ClF3N8OS. The molecule has 0 aliphatic rings. The molecule has 2 N–H and O–H groups in total. The standard InChI is InChI=1S/C17H10ClF3N8OS/c1-28-5-8(13-24-11(17(19,20)21)6-29(13)16(28)30)14-26-27-15(31-14)23-10-3-2-9-7(12(10)18)4-22-25-9/h2-6H,1H3,(H,22,25)(H,23,27). The summed E-state index contributed by atoms with van der Waals surface area (Å²) in [4.78, 5) is 15.9. The van der Waals surface area contributed by atoms with Crippen LogP contribution in [0.25, 0.3) is 27.1 Å². The number of hydrogen-bond acceptors (Lipinski definition) is 7. The Bertz CT molecular complexity index is 1520. The van der Waals surface area contributed by atoms with E-state index in [9.17, 15) is 18.0 Å². The predicted molar refractivity (Wildman–Crippen MR) is 109 cm³/mol. The molecule has 5 rings (SSSR count). The van der Waals surface area contributed by atoms with E-state index in [0.29, 0.717) is 27.4 Å². The van der Waals surface area contributed by atoms with Gasteiger partial charge in [0.25, 0.3) is 0 Å². The molecule has 0 amide bonds. The van der Waals surface area contributed by atoms with Gasteiger partial charge in [-0.25, -0.2) is 9.78 Å². The van der Waals surface area contributed by atoms with E-state index in [1.54, 1.807) is 18.3 Å².